The lowest BCUT2D eigenvalue weighted by Gasteiger charge is -2.36. The quantitative estimate of drug-likeness (QED) is 0.742. The van der Waals surface area contributed by atoms with Gasteiger partial charge in [-0.1, -0.05) is 18.6 Å². The summed E-state index contributed by atoms with van der Waals surface area (Å²) in [6.07, 6.45) is 1.98. The summed E-state index contributed by atoms with van der Waals surface area (Å²) in [5.74, 6) is -1.16. The second kappa shape index (κ2) is 7.33. The zero-order valence-corrected chi connectivity index (χ0v) is 14.0. The number of benzene rings is 1. The molecule has 1 aliphatic carbocycles. The van der Waals surface area contributed by atoms with Crippen molar-refractivity contribution in [1.29, 1.82) is 0 Å². The van der Waals surface area contributed by atoms with Gasteiger partial charge in [0.15, 0.2) is 0 Å². The smallest absolute Gasteiger partial charge is 0.321 e. The number of nitrogens with zero attached hydrogens (tertiary/aromatic N) is 1. The van der Waals surface area contributed by atoms with Crippen molar-refractivity contribution in [1.82, 2.24) is 10.2 Å². The van der Waals surface area contributed by atoms with Crippen LogP contribution in [-0.2, 0) is 16.1 Å². The number of carboxylic acids is 1. The van der Waals surface area contributed by atoms with Gasteiger partial charge in [-0.05, 0) is 30.5 Å². The van der Waals surface area contributed by atoms with Crippen molar-refractivity contribution in [3.05, 3.63) is 29.8 Å². The second-order valence-corrected chi connectivity index (χ2v) is 6.42. The lowest BCUT2D eigenvalue weighted by Crippen LogP contribution is -2.42. The largest absolute Gasteiger partial charge is 0.481 e. The summed E-state index contributed by atoms with van der Waals surface area (Å²) >= 11 is 0. The SMILES string of the molecule is CN(C)C(=O)Nc1cccc(CNC(=O)CC2(C(=O)O)CCC2)c1. The summed E-state index contributed by atoms with van der Waals surface area (Å²) < 4.78 is 0. The monoisotopic (exact) mass is 333 g/mol. The van der Waals surface area contributed by atoms with Crippen LogP contribution in [0.25, 0.3) is 0 Å². The Balaban J connectivity index is 1.89. The Morgan fingerprint density at radius 3 is 2.50 bits per heavy atom. The summed E-state index contributed by atoms with van der Waals surface area (Å²) in [5.41, 5.74) is 0.588. The van der Waals surface area contributed by atoms with Crippen LogP contribution in [0.1, 0.15) is 31.2 Å². The molecule has 7 heteroatoms. The van der Waals surface area contributed by atoms with Crippen molar-refractivity contribution in [2.24, 2.45) is 5.41 Å². The second-order valence-electron chi connectivity index (χ2n) is 6.42. The average Bonchev–Trinajstić information content (AvgIpc) is 2.48. The summed E-state index contributed by atoms with van der Waals surface area (Å²) in [6.45, 7) is 0.292. The van der Waals surface area contributed by atoms with Crippen molar-refractivity contribution < 1.29 is 19.5 Å². The fraction of sp³-hybridized carbons (Fsp3) is 0.471. The number of urea groups is 1. The number of nitrogens with one attached hydrogen (secondary N) is 2. The molecule has 3 amide bonds. The van der Waals surface area contributed by atoms with Gasteiger partial charge in [0.1, 0.15) is 0 Å². The Hall–Kier alpha value is -2.57. The topological polar surface area (TPSA) is 98.7 Å². The first-order valence-electron chi connectivity index (χ1n) is 7.90. The number of carboxylic acid groups (broad SMARTS) is 1. The molecule has 3 N–H and O–H groups in total. The first-order chi connectivity index (χ1) is 11.3. The van der Waals surface area contributed by atoms with Crippen molar-refractivity contribution in [3.8, 4) is 0 Å². The van der Waals surface area contributed by atoms with Crippen molar-refractivity contribution >= 4 is 23.6 Å². The van der Waals surface area contributed by atoms with Gasteiger partial charge in [-0.2, -0.15) is 0 Å². The van der Waals surface area contributed by atoms with Gasteiger partial charge < -0.3 is 20.6 Å². The van der Waals surface area contributed by atoms with Gasteiger partial charge in [0.05, 0.1) is 5.41 Å². The van der Waals surface area contributed by atoms with Crippen LogP contribution in [0, 0.1) is 5.41 Å². The number of amides is 3. The third-order valence-corrected chi connectivity index (χ3v) is 4.34. The molecular weight excluding hydrogens is 310 g/mol. The number of aliphatic carboxylic acids is 1. The van der Waals surface area contributed by atoms with Gasteiger partial charge in [0, 0.05) is 32.7 Å². The van der Waals surface area contributed by atoms with Crippen molar-refractivity contribution in [2.45, 2.75) is 32.2 Å². The first-order valence-corrected chi connectivity index (χ1v) is 7.90. The van der Waals surface area contributed by atoms with E-state index in [2.05, 4.69) is 10.6 Å². The number of rotatable bonds is 6. The number of hydrogen-bond donors (Lipinski definition) is 3. The highest BCUT2D eigenvalue weighted by atomic mass is 16.4. The molecule has 0 unspecified atom stereocenters. The third kappa shape index (κ3) is 4.24. The lowest BCUT2D eigenvalue weighted by atomic mass is 9.66. The van der Waals surface area contributed by atoms with Gasteiger partial charge in [-0.15, -0.1) is 0 Å². The minimum atomic E-state index is -0.891. The van der Waals surface area contributed by atoms with Crippen molar-refractivity contribution in [2.75, 3.05) is 19.4 Å². The van der Waals surface area contributed by atoms with E-state index < -0.39 is 11.4 Å². The first kappa shape index (κ1) is 17.8. The molecule has 1 aromatic carbocycles. The number of hydrogen-bond acceptors (Lipinski definition) is 3. The molecule has 0 spiro atoms. The fourth-order valence-electron chi connectivity index (χ4n) is 2.63. The normalized spacial score (nSPS) is 15.1. The molecule has 2 rings (SSSR count). The van der Waals surface area contributed by atoms with E-state index in [1.54, 1.807) is 32.3 Å². The van der Waals surface area contributed by atoms with E-state index in [4.69, 9.17) is 0 Å². The van der Waals surface area contributed by atoms with Gasteiger partial charge in [-0.3, -0.25) is 9.59 Å². The maximum absolute atomic E-state index is 12.0. The van der Waals surface area contributed by atoms with Crippen LogP contribution in [0.5, 0.6) is 0 Å². The Bertz CT molecular complexity index is 638. The van der Waals surface area contributed by atoms with Crippen LogP contribution in [0.2, 0.25) is 0 Å². The number of carbonyl (C=O) groups is 3. The molecule has 1 fully saturated rings. The van der Waals surface area contributed by atoms with Crippen LogP contribution in [0.4, 0.5) is 10.5 Å². The van der Waals surface area contributed by atoms with Crippen LogP contribution in [0.15, 0.2) is 24.3 Å². The Morgan fingerprint density at radius 2 is 1.96 bits per heavy atom. The highest BCUT2D eigenvalue weighted by molar-refractivity contribution is 5.89. The summed E-state index contributed by atoms with van der Waals surface area (Å²) in [4.78, 5) is 36.4. The zero-order valence-electron chi connectivity index (χ0n) is 14.0. The summed E-state index contributed by atoms with van der Waals surface area (Å²) in [7, 11) is 3.30. The molecule has 1 aromatic rings. The van der Waals surface area contributed by atoms with Gasteiger partial charge >= 0.3 is 12.0 Å². The van der Waals surface area contributed by atoms with Crippen LogP contribution >= 0.6 is 0 Å². The average molecular weight is 333 g/mol. The predicted octanol–water partition coefficient (Wildman–Crippen LogP) is 2.04. The molecule has 0 atom stereocenters. The number of carbonyl (C=O) groups excluding carboxylic acids is 2. The Kier molecular flexibility index (Phi) is 5.43. The highest BCUT2D eigenvalue weighted by Crippen LogP contribution is 2.44. The van der Waals surface area contributed by atoms with Gasteiger partial charge in [0.25, 0.3) is 0 Å². The van der Waals surface area contributed by atoms with E-state index >= 15 is 0 Å². The van der Waals surface area contributed by atoms with Gasteiger partial charge in [-0.25, -0.2) is 4.79 Å². The molecular formula is C17H23N3O4. The molecule has 130 valence electrons. The maximum atomic E-state index is 12.0. The Morgan fingerprint density at radius 1 is 1.25 bits per heavy atom. The zero-order chi connectivity index (χ0) is 17.7. The van der Waals surface area contributed by atoms with Crippen LogP contribution in [0.3, 0.4) is 0 Å². The van der Waals surface area contributed by atoms with Crippen LogP contribution < -0.4 is 10.6 Å². The maximum Gasteiger partial charge on any atom is 0.321 e. The van der Waals surface area contributed by atoms with Crippen molar-refractivity contribution in [3.63, 3.8) is 0 Å². The molecule has 0 heterocycles. The number of anilines is 1. The van der Waals surface area contributed by atoms with E-state index in [0.717, 1.165) is 12.0 Å². The summed E-state index contributed by atoms with van der Waals surface area (Å²) in [5, 5.41) is 14.8. The highest BCUT2D eigenvalue weighted by Gasteiger charge is 2.45. The molecule has 7 nitrogen and oxygen atoms in total. The van der Waals surface area contributed by atoms with E-state index in [1.165, 1.54) is 4.90 Å². The van der Waals surface area contributed by atoms with E-state index in [9.17, 15) is 19.5 Å². The van der Waals surface area contributed by atoms with E-state index in [1.807, 2.05) is 6.07 Å². The molecule has 24 heavy (non-hydrogen) atoms. The lowest BCUT2D eigenvalue weighted by molar-refractivity contribution is -0.157. The molecule has 0 aromatic heterocycles. The fourth-order valence-corrected chi connectivity index (χ4v) is 2.63. The molecule has 1 saturated carbocycles. The molecule has 0 aliphatic heterocycles. The van der Waals surface area contributed by atoms with E-state index in [0.29, 0.717) is 25.1 Å². The minimum absolute atomic E-state index is 0.0133. The molecule has 0 bridgehead atoms. The predicted molar refractivity (Wildman–Crippen MR) is 89.5 cm³/mol. The minimum Gasteiger partial charge on any atom is -0.481 e. The molecule has 1 aliphatic rings. The van der Waals surface area contributed by atoms with E-state index in [-0.39, 0.29) is 18.4 Å². The van der Waals surface area contributed by atoms with Crippen LogP contribution in [-0.4, -0.2) is 42.0 Å². The summed E-state index contributed by atoms with van der Waals surface area (Å²) in [6, 6.07) is 6.93. The Labute approximate surface area is 141 Å². The molecule has 0 radical (unpaired) electrons. The third-order valence-electron chi connectivity index (χ3n) is 4.34. The molecule has 0 saturated heterocycles. The van der Waals surface area contributed by atoms with Gasteiger partial charge in [0.2, 0.25) is 5.91 Å². The standard InChI is InChI=1S/C17H23N3O4/c1-20(2)16(24)19-13-6-3-5-12(9-13)11-18-14(21)10-17(15(22)23)7-4-8-17/h3,5-6,9H,4,7-8,10-11H2,1-2H3,(H,18,21)(H,19,24)(H,22,23).